The van der Waals surface area contributed by atoms with Gasteiger partial charge < -0.3 is 28.9 Å². The number of fused-ring (bicyclic) bond motifs is 5. The molecule has 2 aromatic carbocycles. The number of hydrogen-bond donors (Lipinski definition) is 1. The molecule has 2 amide bonds. The number of amides is 2. The Morgan fingerprint density at radius 1 is 1.22 bits per heavy atom. The van der Waals surface area contributed by atoms with Crippen LogP contribution in [0.3, 0.4) is 0 Å². The first-order valence-electron chi connectivity index (χ1n) is 12.8. The number of para-hydroxylation sites is 1. The van der Waals surface area contributed by atoms with Crippen LogP contribution in [0.15, 0.2) is 48.5 Å². The van der Waals surface area contributed by atoms with Crippen LogP contribution in [0.4, 0.5) is 4.79 Å². The van der Waals surface area contributed by atoms with Crippen molar-refractivity contribution in [2.24, 2.45) is 13.0 Å². The van der Waals surface area contributed by atoms with Gasteiger partial charge in [-0.15, -0.1) is 0 Å². The second-order valence-corrected chi connectivity index (χ2v) is 9.85. The molecule has 0 radical (unpaired) electrons. The molecule has 198 valence electrons. The number of ether oxygens (including phenoxy) is 2. The van der Waals surface area contributed by atoms with Crippen LogP contribution in [0.2, 0.25) is 0 Å². The Kier molecular flexibility index (Phi) is 8.19. The molecule has 4 rings (SSSR count). The SMILES string of the molecule is CCOC(=O)N(C)C[C@@H]1OCc2ccccc2-c2c(n(C)c3ccccc23)C(=O)N([C@H](C)CO)C[C@@H]1C. The summed E-state index contributed by atoms with van der Waals surface area (Å²) < 4.78 is 13.6. The van der Waals surface area contributed by atoms with Crippen molar-refractivity contribution in [1.82, 2.24) is 14.4 Å². The van der Waals surface area contributed by atoms with E-state index in [0.29, 0.717) is 32.0 Å². The number of hydrogen-bond acceptors (Lipinski definition) is 5. The van der Waals surface area contributed by atoms with Crippen LogP contribution in [-0.2, 0) is 23.1 Å². The average Bonchev–Trinajstić information content (AvgIpc) is 3.20. The minimum absolute atomic E-state index is 0.127. The zero-order valence-electron chi connectivity index (χ0n) is 22.3. The fourth-order valence-electron chi connectivity index (χ4n) is 5.10. The summed E-state index contributed by atoms with van der Waals surface area (Å²) in [5, 5.41) is 11.1. The van der Waals surface area contributed by atoms with E-state index in [1.165, 1.54) is 4.90 Å². The number of benzene rings is 2. The Balaban J connectivity index is 1.87. The number of aryl methyl sites for hydroxylation is 1. The van der Waals surface area contributed by atoms with Crippen LogP contribution in [0.1, 0.15) is 36.8 Å². The second-order valence-electron chi connectivity index (χ2n) is 9.85. The molecule has 1 aromatic heterocycles. The zero-order chi connectivity index (χ0) is 26.7. The molecule has 1 N–H and O–H groups in total. The Morgan fingerprint density at radius 3 is 2.65 bits per heavy atom. The van der Waals surface area contributed by atoms with Gasteiger partial charge in [-0.25, -0.2) is 4.79 Å². The summed E-state index contributed by atoms with van der Waals surface area (Å²) in [5.74, 6) is -0.269. The smallest absolute Gasteiger partial charge is 0.409 e. The van der Waals surface area contributed by atoms with Crippen molar-refractivity contribution < 1.29 is 24.2 Å². The summed E-state index contributed by atoms with van der Waals surface area (Å²) in [5.41, 5.74) is 4.32. The van der Waals surface area contributed by atoms with Crippen molar-refractivity contribution in [2.45, 2.75) is 39.5 Å². The molecule has 0 spiro atoms. The Hall–Kier alpha value is -3.36. The fourth-order valence-corrected chi connectivity index (χ4v) is 5.10. The molecule has 37 heavy (non-hydrogen) atoms. The standard InChI is InChI=1S/C29H37N3O5/c1-6-36-29(35)30(4)16-25-19(2)15-32(20(3)17-33)28(34)27-26(22-12-8-7-11-21(22)18-37-25)23-13-9-10-14-24(23)31(27)5/h7-14,19-20,25,33H,6,15-18H2,1-5H3/t19-,20+,25-/m0/s1. The molecule has 3 aromatic rings. The second kappa shape index (κ2) is 11.4. The van der Waals surface area contributed by atoms with Crippen molar-refractivity contribution in [3.8, 4) is 11.1 Å². The lowest BCUT2D eigenvalue weighted by atomic mass is 9.96. The van der Waals surface area contributed by atoms with E-state index in [-0.39, 0.29) is 24.5 Å². The first-order valence-corrected chi connectivity index (χ1v) is 12.8. The molecule has 3 atom stereocenters. The van der Waals surface area contributed by atoms with Crippen molar-refractivity contribution >= 4 is 22.9 Å². The van der Waals surface area contributed by atoms with Crippen molar-refractivity contribution in [1.29, 1.82) is 0 Å². The minimum Gasteiger partial charge on any atom is -0.450 e. The lowest BCUT2D eigenvalue weighted by Gasteiger charge is -2.34. The number of aliphatic hydroxyl groups is 1. The summed E-state index contributed by atoms with van der Waals surface area (Å²) >= 11 is 0. The summed E-state index contributed by atoms with van der Waals surface area (Å²) in [6.07, 6.45) is -0.773. The number of carbonyl (C=O) groups is 2. The number of nitrogens with zero attached hydrogens (tertiary/aromatic N) is 3. The van der Waals surface area contributed by atoms with Gasteiger partial charge in [0.1, 0.15) is 5.69 Å². The van der Waals surface area contributed by atoms with Crippen LogP contribution in [0.5, 0.6) is 0 Å². The topological polar surface area (TPSA) is 84.2 Å². The summed E-state index contributed by atoms with van der Waals surface area (Å²) in [4.78, 5) is 29.9. The lowest BCUT2D eigenvalue weighted by Crippen LogP contribution is -2.48. The van der Waals surface area contributed by atoms with E-state index >= 15 is 0 Å². The van der Waals surface area contributed by atoms with Crippen molar-refractivity contribution in [3.63, 3.8) is 0 Å². The highest BCUT2D eigenvalue weighted by Crippen LogP contribution is 2.38. The van der Waals surface area contributed by atoms with Gasteiger partial charge in [-0.05, 0) is 31.0 Å². The fraction of sp³-hybridized carbons (Fsp3) is 0.448. The van der Waals surface area contributed by atoms with E-state index in [4.69, 9.17) is 9.47 Å². The van der Waals surface area contributed by atoms with Gasteiger partial charge in [-0.1, -0.05) is 49.4 Å². The molecular formula is C29H37N3O5. The van der Waals surface area contributed by atoms with E-state index in [2.05, 4.69) is 0 Å². The predicted molar refractivity (Wildman–Crippen MR) is 143 cm³/mol. The largest absolute Gasteiger partial charge is 0.450 e. The average molecular weight is 508 g/mol. The number of likely N-dealkylation sites (N-methyl/N-ethyl adjacent to an activating group) is 1. The minimum atomic E-state index is -0.413. The first kappa shape index (κ1) is 26.7. The quantitative estimate of drug-likeness (QED) is 0.557. The third-order valence-electron chi connectivity index (χ3n) is 7.26. The number of aromatic nitrogens is 1. The summed E-state index contributed by atoms with van der Waals surface area (Å²) in [6.45, 7) is 6.76. The van der Waals surface area contributed by atoms with Crippen LogP contribution in [-0.4, -0.2) is 77.0 Å². The number of aliphatic hydroxyl groups excluding tert-OH is 1. The molecule has 0 saturated heterocycles. The normalized spacial score (nSPS) is 19.1. The first-order chi connectivity index (χ1) is 17.8. The summed E-state index contributed by atoms with van der Waals surface area (Å²) in [7, 11) is 3.61. The van der Waals surface area contributed by atoms with Gasteiger partial charge in [0, 0.05) is 43.0 Å². The highest BCUT2D eigenvalue weighted by atomic mass is 16.6. The molecule has 0 fully saturated rings. The Morgan fingerprint density at radius 2 is 1.92 bits per heavy atom. The third-order valence-corrected chi connectivity index (χ3v) is 7.26. The lowest BCUT2D eigenvalue weighted by molar-refractivity contribution is -0.0228. The van der Waals surface area contributed by atoms with Gasteiger partial charge in [0.05, 0.1) is 38.5 Å². The van der Waals surface area contributed by atoms with Crippen LogP contribution < -0.4 is 0 Å². The molecule has 0 unspecified atom stereocenters. The molecule has 0 bridgehead atoms. The highest BCUT2D eigenvalue weighted by Gasteiger charge is 2.34. The van der Waals surface area contributed by atoms with Gasteiger partial charge in [0.15, 0.2) is 0 Å². The molecular weight excluding hydrogens is 470 g/mol. The molecule has 8 heteroatoms. The molecule has 0 saturated carbocycles. The zero-order valence-corrected chi connectivity index (χ0v) is 22.3. The molecule has 1 aliphatic rings. The Bertz CT molecular complexity index is 1270. The maximum absolute atomic E-state index is 14.3. The van der Waals surface area contributed by atoms with Crippen molar-refractivity contribution in [3.05, 3.63) is 59.8 Å². The van der Waals surface area contributed by atoms with Crippen molar-refractivity contribution in [2.75, 3.05) is 33.4 Å². The Labute approximate surface area is 218 Å². The monoisotopic (exact) mass is 507 g/mol. The van der Waals surface area contributed by atoms with E-state index in [1.807, 2.05) is 74.0 Å². The van der Waals surface area contributed by atoms with E-state index in [1.54, 1.807) is 18.9 Å². The maximum atomic E-state index is 14.3. The number of carbonyl (C=O) groups excluding carboxylic acids is 2. The molecule has 1 aliphatic heterocycles. The summed E-state index contributed by atoms with van der Waals surface area (Å²) in [6, 6.07) is 15.6. The molecule has 2 heterocycles. The molecule has 8 nitrogen and oxygen atoms in total. The van der Waals surface area contributed by atoms with E-state index in [0.717, 1.165) is 27.6 Å². The highest BCUT2D eigenvalue weighted by molar-refractivity contribution is 6.10. The van der Waals surface area contributed by atoms with Gasteiger partial charge in [0.25, 0.3) is 5.91 Å². The van der Waals surface area contributed by atoms with E-state index < -0.39 is 12.1 Å². The molecule has 0 aliphatic carbocycles. The number of rotatable bonds is 5. The predicted octanol–water partition coefficient (Wildman–Crippen LogP) is 4.29. The van der Waals surface area contributed by atoms with Crippen LogP contribution in [0, 0.1) is 5.92 Å². The van der Waals surface area contributed by atoms with Gasteiger partial charge in [-0.2, -0.15) is 0 Å². The maximum Gasteiger partial charge on any atom is 0.409 e. The van der Waals surface area contributed by atoms with Crippen LogP contribution >= 0.6 is 0 Å². The van der Waals surface area contributed by atoms with Gasteiger partial charge in [-0.3, -0.25) is 4.79 Å². The van der Waals surface area contributed by atoms with Gasteiger partial charge in [0.2, 0.25) is 0 Å². The van der Waals surface area contributed by atoms with Crippen LogP contribution in [0.25, 0.3) is 22.0 Å². The van der Waals surface area contributed by atoms with Gasteiger partial charge >= 0.3 is 6.09 Å². The third kappa shape index (κ3) is 5.22. The van der Waals surface area contributed by atoms with E-state index in [9.17, 15) is 14.7 Å².